The molecule has 0 bridgehead atoms. The second kappa shape index (κ2) is 3.32. The minimum absolute atomic E-state index is 0.0793. The van der Waals surface area contributed by atoms with Gasteiger partial charge in [0.15, 0.2) is 0 Å². The third-order valence-corrected chi connectivity index (χ3v) is 2.44. The van der Waals surface area contributed by atoms with Crippen molar-refractivity contribution >= 4 is 5.69 Å². The molecular formula is C10H10F3NO. The van der Waals surface area contributed by atoms with Crippen LogP contribution in [0.1, 0.15) is 5.56 Å². The third-order valence-electron chi connectivity index (χ3n) is 2.44. The Balaban J connectivity index is 2.34. The molecule has 0 spiro atoms. The summed E-state index contributed by atoms with van der Waals surface area (Å²) in [6.07, 6.45) is -4.02. The van der Waals surface area contributed by atoms with Crippen LogP contribution in [-0.4, -0.2) is 20.0 Å². The van der Waals surface area contributed by atoms with Crippen molar-refractivity contribution in [1.82, 2.24) is 0 Å². The lowest BCUT2D eigenvalue weighted by Crippen LogP contribution is -2.18. The van der Waals surface area contributed by atoms with Crippen LogP contribution in [0.15, 0.2) is 18.2 Å². The van der Waals surface area contributed by atoms with Crippen molar-refractivity contribution in [3.8, 4) is 5.75 Å². The van der Waals surface area contributed by atoms with Crippen LogP contribution in [0.2, 0.25) is 0 Å². The average molecular weight is 217 g/mol. The summed E-state index contributed by atoms with van der Waals surface area (Å²) in [7, 11) is 1.85. The molecule has 5 heteroatoms. The lowest BCUT2D eigenvalue weighted by atomic mass is 10.1. The maximum atomic E-state index is 12.1. The van der Waals surface area contributed by atoms with E-state index in [1.807, 2.05) is 11.9 Å². The van der Waals surface area contributed by atoms with Gasteiger partial charge in [0.05, 0.1) is 0 Å². The van der Waals surface area contributed by atoms with Crippen LogP contribution in [0.5, 0.6) is 5.75 Å². The fourth-order valence-corrected chi connectivity index (χ4v) is 1.78. The zero-order valence-corrected chi connectivity index (χ0v) is 8.14. The summed E-state index contributed by atoms with van der Waals surface area (Å²) in [6, 6.07) is 4.72. The normalized spacial score (nSPS) is 15.3. The van der Waals surface area contributed by atoms with Crippen LogP contribution < -0.4 is 9.64 Å². The number of rotatable bonds is 1. The van der Waals surface area contributed by atoms with Gasteiger partial charge in [0.25, 0.3) is 0 Å². The summed E-state index contributed by atoms with van der Waals surface area (Å²) >= 11 is 0. The van der Waals surface area contributed by atoms with E-state index < -0.39 is 6.36 Å². The molecule has 1 aliphatic rings. The Bertz CT molecular complexity index is 375. The van der Waals surface area contributed by atoms with Gasteiger partial charge in [-0.2, -0.15) is 0 Å². The zero-order valence-electron chi connectivity index (χ0n) is 8.14. The molecule has 0 radical (unpaired) electrons. The quantitative estimate of drug-likeness (QED) is 0.716. The highest BCUT2D eigenvalue weighted by Crippen LogP contribution is 2.36. The highest BCUT2D eigenvalue weighted by Gasteiger charge is 2.33. The molecule has 1 aromatic rings. The number of benzene rings is 1. The van der Waals surface area contributed by atoms with E-state index in [1.165, 1.54) is 6.07 Å². The lowest BCUT2D eigenvalue weighted by Gasteiger charge is -2.14. The summed E-state index contributed by atoms with van der Waals surface area (Å²) in [6.45, 7) is 0.730. The number of ether oxygens (including phenoxy) is 1. The summed E-state index contributed by atoms with van der Waals surface area (Å²) in [4.78, 5) is 1.92. The van der Waals surface area contributed by atoms with Gasteiger partial charge in [0, 0.05) is 24.8 Å². The monoisotopic (exact) mass is 217 g/mol. The first-order valence-electron chi connectivity index (χ1n) is 4.56. The molecule has 0 aromatic heterocycles. The number of likely N-dealkylation sites (N-methyl/N-ethyl adjacent to an activating group) is 1. The van der Waals surface area contributed by atoms with Crippen molar-refractivity contribution in [1.29, 1.82) is 0 Å². The summed E-state index contributed by atoms with van der Waals surface area (Å²) < 4.78 is 40.2. The lowest BCUT2D eigenvalue weighted by molar-refractivity contribution is -0.274. The van der Waals surface area contributed by atoms with Gasteiger partial charge < -0.3 is 9.64 Å². The van der Waals surface area contributed by atoms with Gasteiger partial charge in [0.2, 0.25) is 0 Å². The van der Waals surface area contributed by atoms with E-state index in [4.69, 9.17) is 0 Å². The zero-order chi connectivity index (χ0) is 11.1. The first-order chi connectivity index (χ1) is 6.97. The highest BCUT2D eigenvalue weighted by atomic mass is 19.4. The highest BCUT2D eigenvalue weighted by molar-refractivity contribution is 5.62. The predicted molar refractivity (Wildman–Crippen MR) is 50.1 cm³/mol. The van der Waals surface area contributed by atoms with E-state index in [0.29, 0.717) is 12.0 Å². The largest absolute Gasteiger partial charge is 0.573 e. The fraction of sp³-hybridized carbons (Fsp3) is 0.400. The third kappa shape index (κ3) is 2.00. The second-order valence-electron chi connectivity index (χ2n) is 3.47. The van der Waals surface area contributed by atoms with Gasteiger partial charge >= 0.3 is 6.36 Å². The summed E-state index contributed by atoms with van der Waals surface area (Å²) in [5.41, 5.74) is 1.45. The molecule has 0 unspecified atom stereocenters. The number of anilines is 1. The Kier molecular flexibility index (Phi) is 2.25. The topological polar surface area (TPSA) is 12.5 Å². The second-order valence-corrected chi connectivity index (χ2v) is 3.47. The van der Waals surface area contributed by atoms with E-state index in [2.05, 4.69) is 4.74 Å². The molecular weight excluding hydrogens is 207 g/mol. The molecule has 0 amide bonds. The molecule has 1 heterocycles. The number of halogens is 3. The molecule has 0 N–H and O–H groups in total. The van der Waals surface area contributed by atoms with Gasteiger partial charge in [-0.05, 0) is 18.6 Å². The molecule has 0 saturated carbocycles. The van der Waals surface area contributed by atoms with Crippen LogP contribution in [-0.2, 0) is 6.42 Å². The number of hydrogen-bond donors (Lipinski definition) is 0. The van der Waals surface area contributed by atoms with Crippen molar-refractivity contribution in [3.05, 3.63) is 23.8 Å². The van der Waals surface area contributed by atoms with E-state index in [9.17, 15) is 13.2 Å². The molecule has 0 aliphatic carbocycles. The van der Waals surface area contributed by atoms with Crippen LogP contribution >= 0.6 is 0 Å². The van der Waals surface area contributed by atoms with Crippen molar-refractivity contribution in [2.45, 2.75) is 12.8 Å². The smallest absolute Gasteiger partial charge is 0.405 e. The van der Waals surface area contributed by atoms with Gasteiger partial charge in [-0.1, -0.05) is 6.07 Å². The van der Waals surface area contributed by atoms with Gasteiger partial charge in [-0.25, -0.2) is 0 Å². The number of nitrogens with zero attached hydrogens (tertiary/aromatic N) is 1. The molecule has 15 heavy (non-hydrogen) atoms. The maximum absolute atomic E-state index is 12.1. The van der Waals surface area contributed by atoms with Crippen LogP contribution in [0.25, 0.3) is 0 Å². The number of hydrogen-bond acceptors (Lipinski definition) is 2. The Hall–Kier alpha value is -1.39. The molecule has 1 aliphatic heterocycles. The molecule has 0 saturated heterocycles. The molecule has 1 aromatic carbocycles. The van der Waals surface area contributed by atoms with Crippen LogP contribution in [0.3, 0.4) is 0 Å². The molecule has 0 fully saturated rings. The molecule has 82 valence electrons. The van der Waals surface area contributed by atoms with Crippen molar-refractivity contribution in [2.24, 2.45) is 0 Å². The Morgan fingerprint density at radius 1 is 1.33 bits per heavy atom. The molecule has 2 nitrogen and oxygen atoms in total. The van der Waals surface area contributed by atoms with E-state index >= 15 is 0 Å². The van der Waals surface area contributed by atoms with Crippen molar-refractivity contribution in [2.75, 3.05) is 18.5 Å². The maximum Gasteiger partial charge on any atom is 0.573 e. The molecule has 0 atom stereocenters. The van der Waals surface area contributed by atoms with Gasteiger partial charge in [0.1, 0.15) is 5.75 Å². The summed E-state index contributed by atoms with van der Waals surface area (Å²) in [5.74, 6) is -0.0793. The van der Waals surface area contributed by atoms with E-state index in [-0.39, 0.29) is 5.75 Å². The minimum Gasteiger partial charge on any atom is -0.405 e. The average Bonchev–Trinajstić information content (AvgIpc) is 2.47. The number of fused-ring (bicyclic) bond motifs is 1. The van der Waals surface area contributed by atoms with Crippen LogP contribution in [0.4, 0.5) is 18.9 Å². The first kappa shape index (κ1) is 10.1. The molecule has 2 rings (SSSR count). The van der Waals surface area contributed by atoms with Crippen molar-refractivity contribution < 1.29 is 17.9 Å². The fourth-order valence-electron chi connectivity index (χ4n) is 1.78. The van der Waals surface area contributed by atoms with Gasteiger partial charge in [-0.3, -0.25) is 0 Å². The Morgan fingerprint density at radius 2 is 2.07 bits per heavy atom. The van der Waals surface area contributed by atoms with E-state index in [0.717, 1.165) is 12.2 Å². The Morgan fingerprint density at radius 3 is 2.73 bits per heavy atom. The SMILES string of the molecule is CN1CCc2c(OC(F)(F)F)cccc21. The van der Waals surface area contributed by atoms with Crippen molar-refractivity contribution in [3.63, 3.8) is 0 Å². The summed E-state index contributed by atoms with van der Waals surface area (Å²) in [5, 5.41) is 0. The van der Waals surface area contributed by atoms with Gasteiger partial charge in [-0.15, -0.1) is 13.2 Å². The standard InChI is InChI=1S/C10H10F3NO/c1-14-6-5-7-8(14)3-2-4-9(7)15-10(11,12)13/h2-4H,5-6H2,1H3. The minimum atomic E-state index is -4.61. The Labute approximate surface area is 85.3 Å². The van der Waals surface area contributed by atoms with E-state index in [1.54, 1.807) is 12.1 Å². The predicted octanol–water partition coefficient (Wildman–Crippen LogP) is 2.58. The number of alkyl halides is 3. The van der Waals surface area contributed by atoms with Crippen LogP contribution in [0, 0.1) is 0 Å². The first-order valence-corrected chi connectivity index (χ1v) is 4.56.